The van der Waals surface area contributed by atoms with Crippen molar-refractivity contribution in [1.29, 1.82) is 0 Å². The molecular formula is C14H29N. The Bertz CT molecular complexity index is 163. The van der Waals surface area contributed by atoms with Crippen LogP contribution < -0.4 is 0 Å². The van der Waals surface area contributed by atoms with Gasteiger partial charge in [-0.2, -0.15) is 0 Å². The largest absolute Gasteiger partial charge is 0.303 e. The van der Waals surface area contributed by atoms with E-state index in [0.717, 1.165) is 17.8 Å². The van der Waals surface area contributed by atoms with Gasteiger partial charge in [-0.3, -0.25) is 0 Å². The van der Waals surface area contributed by atoms with Gasteiger partial charge in [0.2, 0.25) is 0 Å². The topological polar surface area (TPSA) is 3.24 Å². The zero-order chi connectivity index (χ0) is 11.3. The van der Waals surface area contributed by atoms with Gasteiger partial charge in [-0.05, 0) is 56.5 Å². The number of piperidine rings is 1. The Labute approximate surface area is 96.2 Å². The predicted octanol–water partition coefficient (Wildman–Crippen LogP) is 3.79. The van der Waals surface area contributed by atoms with Gasteiger partial charge in [-0.25, -0.2) is 0 Å². The number of hydrogen-bond acceptors (Lipinski definition) is 1. The van der Waals surface area contributed by atoms with Gasteiger partial charge in [0.1, 0.15) is 0 Å². The first-order chi connectivity index (χ1) is 7.08. The molecule has 0 aromatic carbocycles. The molecule has 1 aliphatic heterocycles. The summed E-state index contributed by atoms with van der Waals surface area (Å²) in [4.78, 5) is 2.69. The van der Waals surface area contributed by atoms with Crippen LogP contribution in [0.5, 0.6) is 0 Å². The fraction of sp³-hybridized carbons (Fsp3) is 1.00. The second-order valence-corrected chi connectivity index (χ2v) is 6.12. The third kappa shape index (κ3) is 5.55. The molecule has 1 heteroatoms. The van der Waals surface area contributed by atoms with Crippen LogP contribution in [0, 0.1) is 17.8 Å². The summed E-state index contributed by atoms with van der Waals surface area (Å²) in [7, 11) is 0. The van der Waals surface area contributed by atoms with Crippen molar-refractivity contribution in [3.8, 4) is 0 Å². The zero-order valence-corrected chi connectivity index (χ0v) is 11.1. The smallest absolute Gasteiger partial charge is 0.000976 e. The molecular weight excluding hydrogens is 182 g/mol. The first-order valence-corrected chi connectivity index (χ1v) is 6.80. The zero-order valence-electron chi connectivity index (χ0n) is 11.1. The Kier molecular flexibility index (Phi) is 5.66. The van der Waals surface area contributed by atoms with E-state index in [1.54, 1.807) is 0 Å². The van der Waals surface area contributed by atoms with Gasteiger partial charge in [-0.1, -0.05) is 27.7 Å². The van der Waals surface area contributed by atoms with Crippen molar-refractivity contribution in [2.75, 3.05) is 19.6 Å². The Morgan fingerprint density at radius 1 is 1.13 bits per heavy atom. The van der Waals surface area contributed by atoms with Crippen LogP contribution in [0.15, 0.2) is 0 Å². The normalized spacial score (nSPS) is 24.0. The van der Waals surface area contributed by atoms with Crippen LogP contribution in [0.25, 0.3) is 0 Å². The van der Waals surface area contributed by atoms with Crippen LogP contribution >= 0.6 is 0 Å². The summed E-state index contributed by atoms with van der Waals surface area (Å²) in [6, 6.07) is 0. The average Bonchev–Trinajstić information content (AvgIpc) is 2.14. The Morgan fingerprint density at radius 2 is 1.87 bits per heavy atom. The van der Waals surface area contributed by atoms with Crippen molar-refractivity contribution in [3.05, 3.63) is 0 Å². The highest BCUT2D eigenvalue weighted by Gasteiger charge is 2.20. The van der Waals surface area contributed by atoms with E-state index in [1.165, 1.54) is 45.3 Å². The summed E-state index contributed by atoms with van der Waals surface area (Å²) in [5.41, 5.74) is 0. The molecule has 0 aliphatic carbocycles. The second kappa shape index (κ2) is 6.52. The van der Waals surface area contributed by atoms with Crippen molar-refractivity contribution >= 4 is 0 Å². The Balaban J connectivity index is 2.23. The van der Waals surface area contributed by atoms with E-state index in [2.05, 4.69) is 32.6 Å². The lowest BCUT2D eigenvalue weighted by atomic mass is 9.89. The predicted molar refractivity (Wildman–Crippen MR) is 68.1 cm³/mol. The summed E-state index contributed by atoms with van der Waals surface area (Å²) < 4.78 is 0. The molecule has 15 heavy (non-hydrogen) atoms. The maximum atomic E-state index is 2.69. The van der Waals surface area contributed by atoms with Crippen molar-refractivity contribution in [2.45, 2.75) is 53.4 Å². The van der Waals surface area contributed by atoms with Gasteiger partial charge < -0.3 is 4.90 Å². The van der Waals surface area contributed by atoms with Crippen LogP contribution in [0.1, 0.15) is 53.4 Å². The van der Waals surface area contributed by atoms with Crippen LogP contribution in [0.2, 0.25) is 0 Å². The summed E-state index contributed by atoms with van der Waals surface area (Å²) >= 11 is 0. The van der Waals surface area contributed by atoms with Crippen molar-refractivity contribution in [2.24, 2.45) is 17.8 Å². The Morgan fingerprint density at radius 3 is 2.47 bits per heavy atom. The molecule has 1 saturated heterocycles. The van der Waals surface area contributed by atoms with Gasteiger partial charge >= 0.3 is 0 Å². The third-order valence-electron chi connectivity index (χ3n) is 3.43. The lowest BCUT2D eigenvalue weighted by Crippen LogP contribution is -2.36. The summed E-state index contributed by atoms with van der Waals surface area (Å²) in [6.45, 7) is 13.4. The second-order valence-electron chi connectivity index (χ2n) is 6.12. The highest BCUT2D eigenvalue weighted by molar-refractivity contribution is 4.74. The monoisotopic (exact) mass is 211 g/mol. The summed E-state index contributed by atoms with van der Waals surface area (Å²) in [5.74, 6) is 2.71. The van der Waals surface area contributed by atoms with E-state index in [-0.39, 0.29) is 0 Å². The van der Waals surface area contributed by atoms with E-state index >= 15 is 0 Å². The van der Waals surface area contributed by atoms with Crippen molar-refractivity contribution in [3.63, 3.8) is 0 Å². The van der Waals surface area contributed by atoms with Crippen molar-refractivity contribution in [1.82, 2.24) is 4.90 Å². The molecule has 0 spiro atoms. The highest BCUT2D eigenvalue weighted by atomic mass is 15.1. The fourth-order valence-corrected chi connectivity index (χ4v) is 2.65. The maximum absolute atomic E-state index is 2.69. The molecule has 1 aliphatic rings. The molecule has 1 fully saturated rings. The van der Waals surface area contributed by atoms with Crippen LogP contribution in [-0.2, 0) is 0 Å². The van der Waals surface area contributed by atoms with Gasteiger partial charge in [0.25, 0.3) is 0 Å². The molecule has 1 atom stereocenters. The molecule has 0 aromatic heterocycles. The minimum absolute atomic E-state index is 0.857. The van der Waals surface area contributed by atoms with E-state index in [0.29, 0.717) is 0 Å². The molecule has 0 radical (unpaired) electrons. The van der Waals surface area contributed by atoms with E-state index < -0.39 is 0 Å². The molecule has 0 aromatic rings. The third-order valence-corrected chi connectivity index (χ3v) is 3.43. The molecule has 1 heterocycles. The van der Waals surface area contributed by atoms with Crippen LogP contribution in [0.4, 0.5) is 0 Å². The number of rotatable bonds is 5. The lowest BCUT2D eigenvalue weighted by Gasteiger charge is -2.33. The quantitative estimate of drug-likeness (QED) is 0.669. The van der Waals surface area contributed by atoms with Gasteiger partial charge in [0, 0.05) is 6.54 Å². The van der Waals surface area contributed by atoms with E-state index in [9.17, 15) is 0 Å². The number of likely N-dealkylation sites (tertiary alicyclic amines) is 1. The van der Waals surface area contributed by atoms with Gasteiger partial charge in [-0.15, -0.1) is 0 Å². The summed E-state index contributed by atoms with van der Waals surface area (Å²) in [6.07, 6.45) is 5.69. The molecule has 0 N–H and O–H groups in total. The molecule has 0 bridgehead atoms. The van der Waals surface area contributed by atoms with E-state index in [1.807, 2.05) is 0 Å². The highest BCUT2D eigenvalue weighted by Crippen LogP contribution is 2.23. The first kappa shape index (κ1) is 13.0. The fourth-order valence-electron chi connectivity index (χ4n) is 2.65. The van der Waals surface area contributed by atoms with Gasteiger partial charge in [0.15, 0.2) is 0 Å². The minimum atomic E-state index is 0.857. The molecule has 1 rings (SSSR count). The average molecular weight is 211 g/mol. The number of hydrogen-bond donors (Lipinski definition) is 0. The SMILES string of the molecule is CC(C)CCN1CCCC(CC(C)C)C1. The summed E-state index contributed by atoms with van der Waals surface area (Å²) in [5, 5.41) is 0. The maximum Gasteiger partial charge on any atom is 0.000976 e. The number of nitrogens with zero attached hydrogens (tertiary/aromatic N) is 1. The standard InChI is InChI=1S/C14H29N/c1-12(2)7-9-15-8-5-6-14(11-15)10-13(3)4/h12-14H,5-11H2,1-4H3. The molecule has 0 amide bonds. The Hall–Kier alpha value is -0.0400. The van der Waals surface area contributed by atoms with Crippen molar-refractivity contribution < 1.29 is 0 Å². The van der Waals surface area contributed by atoms with Crippen LogP contribution in [-0.4, -0.2) is 24.5 Å². The minimum Gasteiger partial charge on any atom is -0.303 e. The molecule has 90 valence electrons. The van der Waals surface area contributed by atoms with Crippen LogP contribution in [0.3, 0.4) is 0 Å². The first-order valence-electron chi connectivity index (χ1n) is 6.80. The molecule has 1 nitrogen and oxygen atoms in total. The van der Waals surface area contributed by atoms with E-state index in [4.69, 9.17) is 0 Å². The lowest BCUT2D eigenvalue weighted by molar-refractivity contribution is 0.153. The van der Waals surface area contributed by atoms with Gasteiger partial charge in [0.05, 0.1) is 0 Å². The molecule has 0 saturated carbocycles. The molecule has 1 unspecified atom stereocenters.